The summed E-state index contributed by atoms with van der Waals surface area (Å²) in [5.74, 6) is -1.03. The van der Waals surface area contributed by atoms with Crippen molar-refractivity contribution in [2.24, 2.45) is 5.73 Å². The molecule has 0 heterocycles. The van der Waals surface area contributed by atoms with Gasteiger partial charge in [-0.25, -0.2) is 4.79 Å². The van der Waals surface area contributed by atoms with E-state index in [1.165, 1.54) is 0 Å². The van der Waals surface area contributed by atoms with E-state index in [0.717, 1.165) is 0 Å². The van der Waals surface area contributed by atoms with Crippen LogP contribution in [-0.2, 0) is 0 Å². The third-order valence-electron chi connectivity index (χ3n) is 2.10. The molecule has 1 aromatic rings. The first-order valence-corrected chi connectivity index (χ1v) is 4.73. The number of hydrogen-bond donors (Lipinski definition) is 2. The summed E-state index contributed by atoms with van der Waals surface area (Å²) in [4.78, 5) is 10.9. The van der Waals surface area contributed by atoms with Crippen LogP contribution in [0.4, 0.5) is 0 Å². The molecule has 0 radical (unpaired) electrons. The average Bonchev–Trinajstić information content (AvgIpc) is 2.15. The Morgan fingerprint density at radius 3 is 2.79 bits per heavy atom. The fourth-order valence-corrected chi connectivity index (χ4v) is 1.56. The van der Waals surface area contributed by atoms with Crippen molar-refractivity contribution in [1.82, 2.24) is 0 Å². The van der Waals surface area contributed by atoms with Crippen molar-refractivity contribution in [1.29, 1.82) is 0 Å². The predicted molar refractivity (Wildman–Crippen MR) is 55.6 cm³/mol. The molecule has 0 saturated heterocycles. The SMILES string of the molecule is CC[C@H](N)c1cccc(Cl)c1C(=O)O. The Kier molecular flexibility index (Phi) is 3.49. The third kappa shape index (κ3) is 2.05. The maximum atomic E-state index is 10.9. The number of aromatic carboxylic acids is 1. The highest BCUT2D eigenvalue weighted by atomic mass is 35.5. The van der Waals surface area contributed by atoms with Gasteiger partial charge in [-0.3, -0.25) is 0 Å². The van der Waals surface area contributed by atoms with Gasteiger partial charge in [0.25, 0.3) is 0 Å². The molecule has 1 aromatic carbocycles. The summed E-state index contributed by atoms with van der Waals surface area (Å²) in [5.41, 5.74) is 6.48. The second kappa shape index (κ2) is 4.44. The zero-order valence-corrected chi connectivity index (χ0v) is 8.58. The van der Waals surface area contributed by atoms with E-state index in [1.54, 1.807) is 18.2 Å². The molecule has 4 heteroatoms. The average molecular weight is 214 g/mol. The molecule has 0 unspecified atom stereocenters. The van der Waals surface area contributed by atoms with Crippen molar-refractivity contribution in [3.63, 3.8) is 0 Å². The molecule has 0 aliphatic carbocycles. The quantitative estimate of drug-likeness (QED) is 0.811. The third-order valence-corrected chi connectivity index (χ3v) is 2.41. The van der Waals surface area contributed by atoms with Crippen molar-refractivity contribution < 1.29 is 9.90 Å². The molecule has 0 bridgehead atoms. The van der Waals surface area contributed by atoms with Crippen LogP contribution < -0.4 is 5.73 Å². The second-order valence-electron chi connectivity index (χ2n) is 3.02. The summed E-state index contributed by atoms with van der Waals surface area (Å²) >= 11 is 5.79. The minimum Gasteiger partial charge on any atom is -0.478 e. The number of carboxylic acids is 1. The van der Waals surface area contributed by atoms with Crippen molar-refractivity contribution in [2.75, 3.05) is 0 Å². The lowest BCUT2D eigenvalue weighted by molar-refractivity contribution is 0.0695. The van der Waals surface area contributed by atoms with E-state index in [0.29, 0.717) is 12.0 Å². The van der Waals surface area contributed by atoms with Gasteiger partial charge in [-0.15, -0.1) is 0 Å². The molecule has 0 amide bonds. The van der Waals surface area contributed by atoms with Crippen LogP contribution in [0.25, 0.3) is 0 Å². The normalized spacial score (nSPS) is 12.5. The van der Waals surface area contributed by atoms with E-state index in [-0.39, 0.29) is 16.6 Å². The second-order valence-corrected chi connectivity index (χ2v) is 3.43. The molecule has 0 fully saturated rings. The van der Waals surface area contributed by atoms with Gasteiger partial charge in [0.1, 0.15) is 0 Å². The van der Waals surface area contributed by atoms with Crippen LogP contribution in [0.3, 0.4) is 0 Å². The zero-order valence-electron chi connectivity index (χ0n) is 7.83. The summed E-state index contributed by atoms with van der Waals surface area (Å²) in [6, 6.07) is 4.68. The molecule has 76 valence electrons. The Balaban J connectivity index is 3.28. The number of carboxylic acid groups (broad SMARTS) is 1. The highest BCUT2D eigenvalue weighted by Gasteiger charge is 2.17. The van der Waals surface area contributed by atoms with E-state index < -0.39 is 5.97 Å². The molecule has 1 rings (SSSR count). The summed E-state index contributed by atoms with van der Waals surface area (Å²) in [5, 5.41) is 9.19. The first-order chi connectivity index (χ1) is 6.57. The molecule has 0 aliphatic rings. The number of benzene rings is 1. The summed E-state index contributed by atoms with van der Waals surface area (Å²) in [7, 11) is 0. The molecule has 3 N–H and O–H groups in total. The minimum atomic E-state index is -1.03. The topological polar surface area (TPSA) is 63.3 Å². The molecule has 14 heavy (non-hydrogen) atoms. The van der Waals surface area contributed by atoms with Crippen molar-refractivity contribution in [2.45, 2.75) is 19.4 Å². The van der Waals surface area contributed by atoms with Gasteiger partial charge in [0.15, 0.2) is 0 Å². The lowest BCUT2D eigenvalue weighted by Crippen LogP contribution is -2.14. The maximum absolute atomic E-state index is 10.9. The highest BCUT2D eigenvalue weighted by molar-refractivity contribution is 6.33. The predicted octanol–water partition coefficient (Wildman–Crippen LogP) is 2.45. The highest BCUT2D eigenvalue weighted by Crippen LogP contribution is 2.25. The van der Waals surface area contributed by atoms with E-state index in [2.05, 4.69) is 0 Å². The lowest BCUT2D eigenvalue weighted by Gasteiger charge is -2.13. The van der Waals surface area contributed by atoms with E-state index in [1.807, 2.05) is 6.92 Å². The molecule has 1 atom stereocenters. The summed E-state index contributed by atoms with van der Waals surface area (Å²) < 4.78 is 0. The van der Waals surface area contributed by atoms with Crippen molar-refractivity contribution in [3.05, 3.63) is 34.3 Å². The van der Waals surface area contributed by atoms with Gasteiger partial charge >= 0.3 is 5.97 Å². The lowest BCUT2D eigenvalue weighted by atomic mass is 9.99. The van der Waals surface area contributed by atoms with Crippen LogP contribution in [0, 0.1) is 0 Å². The number of nitrogens with two attached hydrogens (primary N) is 1. The van der Waals surface area contributed by atoms with Crippen molar-refractivity contribution in [3.8, 4) is 0 Å². The molecular weight excluding hydrogens is 202 g/mol. The number of halogens is 1. The van der Waals surface area contributed by atoms with Crippen LogP contribution in [0.5, 0.6) is 0 Å². The van der Waals surface area contributed by atoms with Gasteiger partial charge in [-0.1, -0.05) is 30.7 Å². The molecule has 0 aliphatic heterocycles. The monoisotopic (exact) mass is 213 g/mol. The Hall–Kier alpha value is -1.06. The summed E-state index contributed by atoms with van der Waals surface area (Å²) in [6.45, 7) is 1.90. The smallest absolute Gasteiger partial charge is 0.337 e. The van der Waals surface area contributed by atoms with Gasteiger partial charge in [-0.2, -0.15) is 0 Å². The molecular formula is C10H12ClNO2. The maximum Gasteiger partial charge on any atom is 0.337 e. The van der Waals surface area contributed by atoms with Gasteiger partial charge in [0.2, 0.25) is 0 Å². The zero-order chi connectivity index (χ0) is 10.7. The van der Waals surface area contributed by atoms with Crippen LogP contribution in [0.1, 0.15) is 35.3 Å². The number of hydrogen-bond acceptors (Lipinski definition) is 2. The Morgan fingerprint density at radius 2 is 2.29 bits per heavy atom. The first kappa shape index (κ1) is 11.0. The van der Waals surface area contributed by atoms with Crippen LogP contribution in [0.2, 0.25) is 5.02 Å². The minimum absolute atomic E-state index is 0.114. The van der Waals surface area contributed by atoms with Gasteiger partial charge in [0, 0.05) is 6.04 Å². The van der Waals surface area contributed by atoms with Crippen LogP contribution >= 0.6 is 11.6 Å². The van der Waals surface area contributed by atoms with E-state index >= 15 is 0 Å². The van der Waals surface area contributed by atoms with Crippen LogP contribution in [0.15, 0.2) is 18.2 Å². The largest absolute Gasteiger partial charge is 0.478 e. The van der Waals surface area contributed by atoms with Crippen LogP contribution in [-0.4, -0.2) is 11.1 Å². The molecule has 0 aromatic heterocycles. The van der Waals surface area contributed by atoms with E-state index in [9.17, 15) is 4.79 Å². The Labute approximate surface area is 87.5 Å². The van der Waals surface area contributed by atoms with E-state index in [4.69, 9.17) is 22.4 Å². The van der Waals surface area contributed by atoms with Gasteiger partial charge in [-0.05, 0) is 18.1 Å². The fourth-order valence-electron chi connectivity index (χ4n) is 1.30. The fraction of sp³-hybridized carbons (Fsp3) is 0.300. The first-order valence-electron chi connectivity index (χ1n) is 4.35. The molecule has 0 spiro atoms. The van der Waals surface area contributed by atoms with Gasteiger partial charge in [0.05, 0.1) is 10.6 Å². The number of carbonyl (C=O) groups is 1. The molecule has 3 nitrogen and oxygen atoms in total. The summed E-state index contributed by atoms with van der Waals surface area (Å²) in [6.07, 6.45) is 0.681. The number of rotatable bonds is 3. The Morgan fingerprint density at radius 1 is 1.64 bits per heavy atom. The Bertz CT molecular complexity index is 352. The van der Waals surface area contributed by atoms with Gasteiger partial charge < -0.3 is 10.8 Å². The standard InChI is InChI=1S/C10H12ClNO2/c1-2-8(12)6-4-3-5-7(11)9(6)10(13)14/h3-5,8H,2,12H2,1H3,(H,13,14)/t8-/m0/s1. The van der Waals surface area contributed by atoms with Crippen molar-refractivity contribution >= 4 is 17.6 Å². The molecule has 0 saturated carbocycles.